The Hall–Kier alpha value is -1.20. The van der Waals surface area contributed by atoms with Crippen molar-refractivity contribution in [3.63, 3.8) is 0 Å². The lowest BCUT2D eigenvalue weighted by atomic mass is 9.92. The number of nitrogens with zero attached hydrogens (tertiary/aromatic N) is 5. The van der Waals surface area contributed by atoms with Gasteiger partial charge in [-0.15, -0.1) is 0 Å². The van der Waals surface area contributed by atoms with Gasteiger partial charge in [-0.05, 0) is 51.3 Å². The van der Waals surface area contributed by atoms with Crippen LogP contribution in [-0.2, 0) is 0 Å². The summed E-state index contributed by atoms with van der Waals surface area (Å²) in [6.07, 6.45) is 11.6. The van der Waals surface area contributed by atoms with Crippen LogP contribution in [-0.4, -0.2) is 72.6 Å². The second-order valence-corrected chi connectivity index (χ2v) is 7.77. The van der Waals surface area contributed by atoms with E-state index >= 15 is 0 Å². The molecule has 2 aliphatic heterocycles. The Morgan fingerprint density at radius 1 is 0.923 bits per heavy atom. The number of hydrogen-bond donors (Lipinski definition) is 0. The van der Waals surface area contributed by atoms with Crippen LogP contribution in [0.5, 0.6) is 0 Å². The van der Waals surface area contributed by atoms with E-state index in [0.717, 1.165) is 25.0 Å². The van der Waals surface area contributed by atoms with Crippen molar-refractivity contribution in [3.05, 3.63) is 18.5 Å². The maximum absolute atomic E-state index is 4.36. The molecule has 2 fully saturated rings. The Morgan fingerprint density at radius 2 is 1.54 bits per heavy atom. The summed E-state index contributed by atoms with van der Waals surface area (Å²) in [4.78, 5) is 16.1. The molecule has 0 aromatic carbocycles. The van der Waals surface area contributed by atoms with E-state index in [1.807, 2.05) is 18.5 Å². The molecule has 5 nitrogen and oxygen atoms in total. The van der Waals surface area contributed by atoms with Crippen LogP contribution < -0.4 is 4.90 Å². The minimum Gasteiger partial charge on any atom is -0.341 e. The standard InChI is InChI=1S/C17H29N5.C4H10/c1-20-12-14-21(15-13-20)9-2-4-16-5-10-22(11-6-16)17-18-7-3-8-19-17;1-3-4-2/h3,7-8,16H,2,4-6,9-15H2,1H3;3-4H2,1-2H3. The van der Waals surface area contributed by atoms with Gasteiger partial charge >= 0.3 is 0 Å². The average Bonchev–Trinajstić information content (AvgIpc) is 2.71. The van der Waals surface area contributed by atoms with Crippen molar-refractivity contribution in [3.8, 4) is 0 Å². The first-order chi connectivity index (χ1) is 12.7. The van der Waals surface area contributed by atoms with Gasteiger partial charge < -0.3 is 14.7 Å². The van der Waals surface area contributed by atoms with Gasteiger partial charge in [-0.1, -0.05) is 26.7 Å². The fourth-order valence-electron chi connectivity index (χ4n) is 3.55. The van der Waals surface area contributed by atoms with E-state index in [4.69, 9.17) is 0 Å². The molecule has 2 saturated heterocycles. The summed E-state index contributed by atoms with van der Waals surface area (Å²) in [5.74, 6) is 1.80. The topological polar surface area (TPSA) is 35.5 Å². The van der Waals surface area contributed by atoms with E-state index in [0.29, 0.717) is 0 Å². The lowest BCUT2D eigenvalue weighted by Crippen LogP contribution is -2.44. The first-order valence-electron chi connectivity index (χ1n) is 10.7. The molecule has 1 aromatic rings. The molecular formula is C21H39N5. The van der Waals surface area contributed by atoms with Gasteiger partial charge in [0.15, 0.2) is 0 Å². The molecule has 0 unspecified atom stereocenters. The number of aromatic nitrogens is 2. The highest BCUT2D eigenvalue weighted by molar-refractivity contribution is 5.28. The molecule has 0 spiro atoms. The van der Waals surface area contributed by atoms with Crippen LogP contribution in [0.1, 0.15) is 52.4 Å². The van der Waals surface area contributed by atoms with Gasteiger partial charge in [0.2, 0.25) is 5.95 Å². The van der Waals surface area contributed by atoms with Crippen molar-refractivity contribution >= 4 is 5.95 Å². The molecule has 2 aliphatic rings. The zero-order valence-corrected chi connectivity index (χ0v) is 17.2. The molecule has 1 aromatic heterocycles. The van der Waals surface area contributed by atoms with Gasteiger partial charge in [0.25, 0.3) is 0 Å². The molecule has 26 heavy (non-hydrogen) atoms. The molecule has 0 radical (unpaired) electrons. The second kappa shape index (κ2) is 12.2. The van der Waals surface area contributed by atoms with E-state index in [9.17, 15) is 0 Å². The Bertz CT molecular complexity index is 449. The Labute approximate surface area is 160 Å². The van der Waals surface area contributed by atoms with Crippen LogP contribution in [0.3, 0.4) is 0 Å². The molecule has 3 rings (SSSR count). The molecule has 0 N–H and O–H groups in total. The summed E-state index contributed by atoms with van der Waals surface area (Å²) >= 11 is 0. The van der Waals surface area contributed by atoms with E-state index in [1.54, 1.807) is 0 Å². The number of anilines is 1. The minimum atomic E-state index is 0.896. The molecule has 5 heteroatoms. The van der Waals surface area contributed by atoms with Gasteiger partial charge in [0.1, 0.15) is 0 Å². The van der Waals surface area contributed by atoms with Crippen LogP contribution in [0.25, 0.3) is 0 Å². The summed E-state index contributed by atoms with van der Waals surface area (Å²) in [6, 6.07) is 1.88. The van der Waals surface area contributed by atoms with Gasteiger partial charge in [0, 0.05) is 51.7 Å². The Balaban J connectivity index is 0.000000552. The van der Waals surface area contributed by atoms with Gasteiger partial charge in [-0.3, -0.25) is 0 Å². The highest BCUT2D eigenvalue weighted by atomic mass is 15.3. The quantitative estimate of drug-likeness (QED) is 0.774. The monoisotopic (exact) mass is 361 g/mol. The van der Waals surface area contributed by atoms with Gasteiger partial charge in [-0.25, -0.2) is 9.97 Å². The fraction of sp³-hybridized carbons (Fsp3) is 0.810. The fourth-order valence-corrected chi connectivity index (χ4v) is 3.55. The maximum atomic E-state index is 4.36. The number of rotatable bonds is 6. The molecular weight excluding hydrogens is 322 g/mol. The van der Waals surface area contributed by atoms with Crippen molar-refractivity contribution in [1.82, 2.24) is 19.8 Å². The zero-order chi connectivity index (χ0) is 18.6. The molecule has 0 atom stereocenters. The van der Waals surface area contributed by atoms with E-state index in [2.05, 4.69) is 45.6 Å². The summed E-state index contributed by atoms with van der Waals surface area (Å²) in [6.45, 7) is 12.8. The van der Waals surface area contributed by atoms with Crippen LogP contribution in [0.2, 0.25) is 0 Å². The molecule has 0 aliphatic carbocycles. The van der Waals surface area contributed by atoms with E-state index in [1.165, 1.54) is 71.2 Å². The van der Waals surface area contributed by atoms with E-state index < -0.39 is 0 Å². The number of piperidine rings is 1. The molecule has 0 saturated carbocycles. The number of piperazine rings is 1. The van der Waals surface area contributed by atoms with Crippen molar-refractivity contribution in [1.29, 1.82) is 0 Å². The summed E-state index contributed by atoms with van der Waals surface area (Å²) < 4.78 is 0. The largest absolute Gasteiger partial charge is 0.341 e. The Morgan fingerprint density at radius 3 is 2.12 bits per heavy atom. The SMILES string of the molecule is CCCC.CN1CCN(CCCC2CCN(c3ncccn3)CC2)CC1. The van der Waals surface area contributed by atoms with Gasteiger partial charge in [0.05, 0.1) is 0 Å². The van der Waals surface area contributed by atoms with Crippen molar-refractivity contribution in [2.24, 2.45) is 5.92 Å². The zero-order valence-electron chi connectivity index (χ0n) is 17.2. The third kappa shape index (κ3) is 7.58. The van der Waals surface area contributed by atoms with E-state index in [-0.39, 0.29) is 0 Å². The number of hydrogen-bond acceptors (Lipinski definition) is 5. The number of likely N-dealkylation sites (N-methyl/N-ethyl adjacent to an activating group) is 1. The van der Waals surface area contributed by atoms with Crippen LogP contribution in [0.4, 0.5) is 5.95 Å². The maximum Gasteiger partial charge on any atom is 0.225 e. The first kappa shape index (κ1) is 21.1. The molecule has 0 amide bonds. The highest BCUT2D eigenvalue weighted by Gasteiger charge is 2.21. The lowest BCUT2D eigenvalue weighted by Gasteiger charge is -2.34. The van der Waals surface area contributed by atoms with Gasteiger partial charge in [-0.2, -0.15) is 0 Å². The second-order valence-electron chi connectivity index (χ2n) is 7.77. The molecule has 3 heterocycles. The third-order valence-corrected chi connectivity index (χ3v) is 5.63. The Kier molecular flexibility index (Phi) is 9.93. The van der Waals surface area contributed by atoms with Crippen LogP contribution in [0.15, 0.2) is 18.5 Å². The van der Waals surface area contributed by atoms with Crippen molar-refractivity contribution < 1.29 is 0 Å². The van der Waals surface area contributed by atoms with Crippen molar-refractivity contribution in [2.75, 3.05) is 57.8 Å². The predicted molar refractivity (Wildman–Crippen MR) is 111 cm³/mol. The lowest BCUT2D eigenvalue weighted by molar-refractivity contribution is 0.149. The first-order valence-corrected chi connectivity index (χ1v) is 10.7. The third-order valence-electron chi connectivity index (χ3n) is 5.63. The minimum absolute atomic E-state index is 0.896. The average molecular weight is 362 g/mol. The normalized spacial score (nSPS) is 19.9. The summed E-state index contributed by atoms with van der Waals surface area (Å²) in [7, 11) is 2.22. The predicted octanol–water partition coefficient (Wildman–Crippen LogP) is 3.53. The van der Waals surface area contributed by atoms with Crippen molar-refractivity contribution in [2.45, 2.75) is 52.4 Å². The molecule has 148 valence electrons. The molecule has 0 bridgehead atoms. The van der Waals surface area contributed by atoms with Crippen LogP contribution in [0, 0.1) is 5.92 Å². The van der Waals surface area contributed by atoms with Crippen LogP contribution >= 0.6 is 0 Å². The smallest absolute Gasteiger partial charge is 0.225 e. The highest BCUT2D eigenvalue weighted by Crippen LogP contribution is 2.24. The summed E-state index contributed by atoms with van der Waals surface area (Å²) in [5, 5.41) is 0. The number of unbranched alkanes of at least 4 members (excludes halogenated alkanes) is 1. The summed E-state index contributed by atoms with van der Waals surface area (Å²) in [5.41, 5.74) is 0.